The zero-order chi connectivity index (χ0) is 21.9. The van der Waals surface area contributed by atoms with Crippen molar-refractivity contribution in [1.82, 2.24) is 4.98 Å². The molecule has 0 spiro atoms. The fraction of sp³-hybridized carbons (Fsp3) is 0.0769. The van der Waals surface area contributed by atoms with Gasteiger partial charge < -0.3 is 19.2 Å². The summed E-state index contributed by atoms with van der Waals surface area (Å²) in [7, 11) is 1.62. The van der Waals surface area contributed by atoms with Crippen LogP contribution in [0.25, 0.3) is 33.3 Å². The van der Waals surface area contributed by atoms with E-state index in [1.165, 1.54) is 0 Å². The maximum Gasteiger partial charge on any atom is 0.262 e. The van der Waals surface area contributed by atoms with E-state index in [0.29, 0.717) is 28.4 Å². The van der Waals surface area contributed by atoms with Crippen LogP contribution >= 0.6 is 0 Å². The van der Waals surface area contributed by atoms with Crippen molar-refractivity contribution in [3.63, 3.8) is 0 Å². The Morgan fingerprint density at radius 1 is 0.906 bits per heavy atom. The molecule has 158 valence electrons. The minimum Gasteiger partial charge on any atom is -0.497 e. The van der Waals surface area contributed by atoms with Crippen LogP contribution < -0.4 is 14.8 Å². The Labute approximate surface area is 184 Å². The summed E-state index contributed by atoms with van der Waals surface area (Å²) < 4.78 is 16.7. The predicted molar refractivity (Wildman–Crippen MR) is 124 cm³/mol. The van der Waals surface area contributed by atoms with Gasteiger partial charge in [-0.05, 0) is 65.4 Å². The van der Waals surface area contributed by atoms with Crippen LogP contribution in [-0.2, 0) is 4.79 Å². The molecule has 0 unspecified atom stereocenters. The molecule has 6 nitrogen and oxygen atoms in total. The lowest BCUT2D eigenvalue weighted by Crippen LogP contribution is -2.20. The molecule has 0 saturated carbocycles. The van der Waals surface area contributed by atoms with Gasteiger partial charge in [-0.15, -0.1) is 0 Å². The Kier molecular flexibility index (Phi) is 5.17. The normalized spacial score (nSPS) is 10.9. The van der Waals surface area contributed by atoms with Crippen molar-refractivity contribution in [1.29, 1.82) is 0 Å². The number of anilines is 1. The summed E-state index contributed by atoms with van der Waals surface area (Å²) in [4.78, 5) is 16.9. The van der Waals surface area contributed by atoms with Gasteiger partial charge in [0, 0.05) is 11.3 Å². The van der Waals surface area contributed by atoms with Gasteiger partial charge in [0.1, 0.15) is 17.0 Å². The Hall–Kier alpha value is -4.32. The molecule has 0 bridgehead atoms. The van der Waals surface area contributed by atoms with Gasteiger partial charge in [-0.25, -0.2) is 4.98 Å². The number of amides is 1. The fourth-order valence-corrected chi connectivity index (χ4v) is 3.47. The number of oxazole rings is 1. The number of benzene rings is 4. The summed E-state index contributed by atoms with van der Waals surface area (Å²) in [6, 6.07) is 26.6. The molecule has 6 heteroatoms. The Morgan fingerprint density at radius 3 is 2.50 bits per heavy atom. The molecule has 5 aromatic rings. The van der Waals surface area contributed by atoms with E-state index >= 15 is 0 Å². The van der Waals surface area contributed by atoms with Crippen LogP contribution in [0, 0.1) is 0 Å². The summed E-state index contributed by atoms with van der Waals surface area (Å²) in [5.74, 6) is 1.66. The van der Waals surface area contributed by atoms with Gasteiger partial charge in [0.25, 0.3) is 5.91 Å². The number of nitrogens with zero attached hydrogens (tertiary/aromatic N) is 1. The minimum atomic E-state index is -0.253. The molecule has 1 N–H and O–H groups in total. The molecule has 1 amide bonds. The molecule has 1 heterocycles. The number of hydrogen-bond acceptors (Lipinski definition) is 5. The van der Waals surface area contributed by atoms with Gasteiger partial charge in [0.2, 0.25) is 5.89 Å². The van der Waals surface area contributed by atoms with Gasteiger partial charge in [-0.2, -0.15) is 0 Å². The zero-order valence-corrected chi connectivity index (χ0v) is 17.4. The van der Waals surface area contributed by atoms with E-state index in [2.05, 4.69) is 10.3 Å². The van der Waals surface area contributed by atoms with Gasteiger partial charge >= 0.3 is 0 Å². The molecule has 0 saturated heterocycles. The SMILES string of the molecule is COc1ccc(-c2nc3cc(NC(=O)COc4ccc5ccccc5c4)ccc3o2)cc1. The highest BCUT2D eigenvalue weighted by atomic mass is 16.5. The fourth-order valence-electron chi connectivity index (χ4n) is 3.47. The second-order valence-corrected chi connectivity index (χ2v) is 7.28. The molecular formula is C26H20N2O4. The first kappa shape index (κ1) is 19.6. The van der Waals surface area contributed by atoms with E-state index in [-0.39, 0.29) is 12.5 Å². The van der Waals surface area contributed by atoms with E-state index < -0.39 is 0 Å². The van der Waals surface area contributed by atoms with Gasteiger partial charge in [-0.1, -0.05) is 30.3 Å². The van der Waals surface area contributed by atoms with E-state index in [0.717, 1.165) is 22.1 Å². The number of rotatable bonds is 6. The number of fused-ring (bicyclic) bond motifs is 2. The van der Waals surface area contributed by atoms with Crippen LogP contribution in [0.5, 0.6) is 11.5 Å². The summed E-state index contributed by atoms with van der Waals surface area (Å²) in [6.45, 7) is -0.0910. The summed E-state index contributed by atoms with van der Waals surface area (Å²) in [5.41, 5.74) is 2.76. The number of carbonyl (C=O) groups excluding carboxylic acids is 1. The van der Waals surface area contributed by atoms with Crippen molar-refractivity contribution in [3.8, 4) is 23.0 Å². The summed E-state index contributed by atoms with van der Waals surface area (Å²) in [5, 5.41) is 5.03. The number of ether oxygens (including phenoxy) is 2. The Balaban J connectivity index is 1.26. The molecule has 0 radical (unpaired) electrons. The second-order valence-electron chi connectivity index (χ2n) is 7.28. The lowest BCUT2D eigenvalue weighted by molar-refractivity contribution is -0.118. The highest BCUT2D eigenvalue weighted by Crippen LogP contribution is 2.27. The first-order chi connectivity index (χ1) is 15.7. The third-order valence-electron chi connectivity index (χ3n) is 5.10. The van der Waals surface area contributed by atoms with Crippen molar-refractivity contribution in [2.45, 2.75) is 0 Å². The van der Waals surface area contributed by atoms with Crippen LogP contribution in [0.1, 0.15) is 0 Å². The standard InChI is InChI=1S/C26H20N2O4/c1-30-21-10-7-18(8-11-21)26-28-23-15-20(9-13-24(23)32-26)27-25(29)16-31-22-12-6-17-4-2-3-5-19(17)14-22/h2-15H,16H2,1H3,(H,27,29). The predicted octanol–water partition coefficient (Wildman–Crippen LogP) is 5.67. The average Bonchev–Trinajstić information content (AvgIpc) is 3.26. The first-order valence-corrected chi connectivity index (χ1v) is 10.1. The molecular weight excluding hydrogens is 404 g/mol. The number of hydrogen-bond donors (Lipinski definition) is 1. The lowest BCUT2D eigenvalue weighted by Gasteiger charge is -2.08. The average molecular weight is 424 g/mol. The van der Waals surface area contributed by atoms with E-state index in [1.807, 2.05) is 66.7 Å². The number of nitrogens with one attached hydrogen (secondary N) is 1. The maximum atomic E-state index is 12.4. The van der Waals surface area contributed by atoms with Crippen molar-refractivity contribution in [2.24, 2.45) is 0 Å². The van der Waals surface area contributed by atoms with E-state index in [1.54, 1.807) is 25.3 Å². The maximum absolute atomic E-state index is 12.4. The largest absolute Gasteiger partial charge is 0.497 e. The number of carbonyl (C=O) groups is 1. The third-order valence-corrected chi connectivity index (χ3v) is 5.10. The van der Waals surface area contributed by atoms with Crippen LogP contribution in [0.15, 0.2) is 89.3 Å². The molecule has 0 fully saturated rings. The van der Waals surface area contributed by atoms with E-state index in [4.69, 9.17) is 13.9 Å². The summed E-state index contributed by atoms with van der Waals surface area (Å²) >= 11 is 0. The first-order valence-electron chi connectivity index (χ1n) is 10.1. The van der Waals surface area contributed by atoms with E-state index in [9.17, 15) is 4.79 Å². The quantitative estimate of drug-likeness (QED) is 0.380. The van der Waals surface area contributed by atoms with Crippen LogP contribution in [0.2, 0.25) is 0 Å². The summed E-state index contributed by atoms with van der Waals surface area (Å²) in [6.07, 6.45) is 0. The van der Waals surface area contributed by atoms with Crippen molar-refractivity contribution in [3.05, 3.63) is 84.9 Å². The van der Waals surface area contributed by atoms with Gasteiger partial charge in [0.05, 0.1) is 7.11 Å². The highest BCUT2D eigenvalue weighted by Gasteiger charge is 2.11. The molecule has 32 heavy (non-hydrogen) atoms. The Bertz CT molecular complexity index is 1410. The third kappa shape index (κ3) is 4.11. The minimum absolute atomic E-state index is 0.0910. The molecule has 0 aliphatic heterocycles. The Morgan fingerprint density at radius 2 is 1.69 bits per heavy atom. The monoisotopic (exact) mass is 424 g/mol. The zero-order valence-electron chi connectivity index (χ0n) is 17.4. The number of methoxy groups -OCH3 is 1. The highest BCUT2D eigenvalue weighted by molar-refractivity contribution is 5.94. The van der Waals surface area contributed by atoms with Gasteiger partial charge in [-0.3, -0.25) is 4.79 Å². The molecule has 0 aliphatic carbocycles. The smallest absolute Gasteiger partial charge is 0.262 e. The second kappa shape index (κ2) is 8.43. The van der Waals surface area contributed by atoms with Crippen molar-refractivity contribution < 1.29 is 18.7 Å². The van der Waals surface area contributed by atoms with Crippen LogP contribution in [0.3, 0.4) is 0 Å². The van der Waals surface area contributed by atoms with Crippen molar-refractivity contribution in [2.75, 3.05) is 19.0 Å². The molecule has 4 aromatic carbocycles. The van der Waals surface area contributed by atoms with Crippen LogP contribution in [-0.4, -0.2) is 24.6 Å². The molecule has 5 rings (SSSR count). The van der Waals surface area contributed by atoms with Crippen molar-refractivity contribution >= 4 is 33.5 Å². The molecule has 0 aliphatic rings. The van der Waals surface area contributed by atoms with Gasteiger partial charge in [0.15, 0.2) is 12.2 Å². The number of aromatic nitrogens is 1. The molecule has 0 atom stereocenters. The molecule has 1 aromatic heterocycles. The van der Waals surface area contributed by atoms with Crippen LogP contribution in [0.4, 0.5) is 5.69 Å². The lowest BCUT2D eigenvalue weighted by atomic mass is 10.1. The topological polar surface area (TPSA) is 73.6 Å².